The normalized spacial score (nSPS) is 35.0. The molecule has 3 heterocycles. The van der Waals surface area contributed by atoms with E-state index >= 15 is 0 Å². The van der Waals surface area contributed by atoms with Crippen LogP contribution in [0.2, 0.25) is 5.02 Å². The van der Waals surface area contributed by atoms with Gasteiger partial charge >= 0.3 is 5.97 Å². The summed E-state index contributed by atoms with van der Waals surface area (Å²) in [4.78, 5) is 25.8. The topological polar surface area (TPSA) is 88.1 Å². The third-order valence-electron chi connectivity index (χ3n) is 7.90. The van der Waals surface area contributed by atoms with Crippen molar-refractivity contribution in [1.29, 1.82) is 0 Å². The molecule has 3 aliphatic heterocycles. The molecule has 1 amide bonds. The number of carbonyl (C=O) groups excluding carboxylic acids is 1. The van der Waals surface area contributed by atoms with Crippen LogP contribution in [0.5, 0.6) is 11.5 Å². The van der Waals surface area contributed by atoms with Gasteiger partial charge in [0.15, 0.2) is 11.5 Å². The van der Waals surface area contributed by atoms with Crippen LogP contribution in [0.4, 0.5) is 0 Å². The largest absolute Gasteiger partial charge is 0.478 e. The summed E-state index contributed by atoms with van der Waals surface area (Å²) in [6, 6.07) is 1.97. The van der Waals surface area contributed by atoms with E-state index in [1.807, 2.05) is 6.92 Å². The lowest BCUT2D eigenvalue weighted by Gasteiger charge is -2.40. The van der Waals surface area contributed by atoms with Crippen molar-refractivity contribution < 1.29 is 24.2 Å². The van der Waals surface area contributed by atoms with Crippen LogP contribution in [-0.4, -0.2) is 53.3 Å². The van der Waals surface area contributed by atoms with Gasteiger partial charge in [0.05, 0.1) is 10.6 Å². The van der Waals surface area contributed by atoms with Gasteiger partial charge in [-0.2, -0.15) is 0 Å². The van der Waals surface area contributed by atoms with Crippen LogP contribution in [0.15, 0.2) is 6.07 Å². The van der Waals surface area contributed by atoms with Crippen molar-refractivity contribution in [2.75, 3.05) is 19.6 Å². The molecule has 2 saturated heterocycles. The highest BCUT2D eigenvalue weighted by molar-refractivity contribution is 6.32. The molecular formula is C23H29ClN2O5. The van der Waals surface area contributed by atoms with E-state index in [2.05, 4.69) is 10.2 Å². The minimum absolute atomic E-state index is 0.134. The standard InChI is InChI=1S/C23H29ClN2O5/c1-13-16(21(28)29)9-17(24)20-19(13)30-22(2,31-20)14-3-5-15(6-4-14)26-8-7-23(12-26)10-18(27)25-11-23/h9,14-15H,3-8,10-12H2,1-2H3,(H,25,27)(H,28,29)/t14-,15+,22?,23?. The molecule has 1 aliphatic carbocycles. The van der Waals surface area contributed by atoms with E-state index in [1.54, 1.807) is 6.92 Å². The van der Waals surface area contributed by atoms with E-state index < -0.39 is 11.8 Å². The van der Waals surface area contributed by atoms with Gasteiger partial charge in [-0.25, -0.2) is 4.79 Å². The molecule has 3 fully saturated rings. The maximum absolute atomic E-state index is 11.7. The molecule has 1 aromatic carbocycles. The maximum atomic E-state index is 11.7. The fourth-order valence-electron chi connectivity index (χ4n) is 6.02. The van der Waals surface area contributed by atoms with Crippen molar-refractivity contribution >= 4 is 23.5 Å². The lowest BCUT2D eigenvalue weighted by molar-refractivity contribution is -0.124. The smallest absolute Gasteiger partial charge is 0.336 e. The van der Waals surface area contributed by atoms with Crippen LogP contribution in [-0.2, 0) is 4.79 Å². The molecule has 4 aliphatic rings. The van der Waals surface area contributed by atoms with Crippen molar-refractivity contribution in [3.8, 4) is 11.5 Å². The fraction of sp³-hybridized carbons (Fsp3) is 0.652. The predicted octanol–water partition coefficient (Wildman–Crippen LogP) is 3.60. The van der Waals surface area contributed by atoms with Crippen LogP contribution >= 0.6 is 11.6 Å². The summed E-state index contributed by atoms with van der Waals surface area (Å²) in [5.41, 5.74) is 0.824. The van der Waals surface area contributed by atoms with Gasteiger partial charge in [0.2, 0.25) is 5.91 Å². The third-order valence-corrected chi connectivity index (χ3v) is 8.18. The van der Waals surface area contributed by atoms with Gasteiger partial charge in [-0.15, -0.1) is 0 Å². The van der Waals surface area contributed by atoms with E-state index in [4.69, 9.17) is 21.1 Å². The number of carboxylic acids is 1. The average molecular weight is 449 g/mol. The molecule has 168 valence electrons. The minimum atomic E-state index is -1.03. The van der Waals surface area contributed by atoms with Crippen LogP contribution < -0.4 is 14.8 Å². The molecule has 2 N–H and O–H groups in total. The summed E-state index contributed by atoms with van der Waals surface area (Å²) in [6.45, 7) is 6.55. The molecule has 1 aromatic rings. The molecule has 7 nitrogen and oxygen atoms in total. The van der Waals surface area contributed by atoms with Gasteiger partial charge in [-0.05, 0) is 51.6 Å². The zero-order chi connectivity index (χ0) is 22.0. The SMILES string of the molecule is Cc1c(C(=O)O)cc(Cl)c2c1OC(C)([C@H]1CC[C@@H](N3CCC4(CNC(=O)C4)C3)CC1)O2. The highest BCUT2D eigenvalue weighted by Crippen LogP contribution is 2.52. The number of halogens is 1. The summed E-state index contributed by atoms with van der Waals surface area (Å²) in [7, 11) is 0. The van der Waals surface area contributed by atoms with Crippen LogP contribution in [0.3, 0.4) is 0 Å². The number of hydrogen-bond donors (Lipinski definition) is 2. The number of benzene rings is 1. The molecule has 2 atom stereocenters. The van der Waals surface area contributed by atoms with Crippen LogP contribution in [0, 0.1) is 18.3 Å². The second kappa shape index (κ2) is 7.27. The monoisotopic (exact) mass is 448 g/mol. The molecule has 1 saturated carbocycles. The zero-order valence-electron chi connectivity index (χ0n) is 18.0. The first-order chi connectivity index (χ1) is 14.7. The summed E-state index contributed by atoms with van der Waals surface area (Å²) >= 11 is 6.33. The molecule has 0 bridgehead atoms. The second-order valence-electron chi connectivity index (χ2n) is 9.89. The van der Waals surface area contributed by atoms with Gasteiger partial charge in [0, 0.05) is 49.4 Å². The number of nitrogens with one attached hydrogen (secondary N) is 1. The van der Waals surface area contributed by atoms with Crippen molar-refractivity contribution in [3.63, 3.8) is 0 Å². The number of rotatable bonds is 3. The average Bonchev–Trinajstić information content (AvgIpc) is 3.43. The summed E-state index contributed by atoms with van der Waals surface area (Å²) in [6.07, 6.45) is 5.82. The minimum Gasteiger partial charge on any atom is -0.478 e. The summed E-state index contributed by atoms with van der Waals surface area (Å²) < 4.78 is 12.5. The van der Waals surface area contributed by atoms with Crippen molar-refractivity contribution in [1.82, 2.24) is 10.2 Å². The Balaban J connectivity index is 1.25. The first kappa shape index (κ1) is 20.9. The van der Waals surface area contributed by atoms with Crippen LogP contribution in [0.25, 0.3) is 0 Å². The Morgan fingerprint density at radius 3 is 2.61 bits per heavy atom. The molecule has 5 rings (SSSR count). The summed E-state index contributed by atoms with van der Waals surface area (Å²) in [5, 5.41) is 12.7. The predicted molar refractivity (Wildman–Crippen MR) is 115 cm³/mol. The zero-order valence-corrected chi connectivity index (χ0v) is 18.8. The Labute approximate surface area is 187 Å². The van der Waals surface area contributed by atoms with E-state index in [-0.39, 0.29) is 27.8 Å². The van der Waals surface area contributed by atoms with Crippen molar-refractivity contribution in [3.05, 3.63) is 22.2 Å². The number of hydrogen-bond acceptors (Lipinski definition) is 5. The van der Waals surface area contributed by atoms with E-state index in [0.29, 0.717) is 29.5 Å². The molecule has 1 spiro atoms. The van der Waals surface area contributed by atoms with E-state index in [1.165, 1.54) is 6.07 Å². The molecule has 2 unspecified atom stereocenters. The third kappa shape index (κ3) is 3.46. The van der Waals surface area contributed by atoms with Crippen LogP contribution in [0.1, 0.15) is 61.4 Å². The molecule has 0 aromatic heterocycles. The molecule has 8 heteroatoms. The number of nitrogens with zero attached hydrogens (tertiary/aromatic N) is 1. The number of fused-ring (bicyclic) bond motifs is 1. The first-order valence-corrected chi connectivity index (χ1v) is 11.5. The number of carboxylic acid groups (broad SMARTS) is 1. The van der Waals surface area contributed by atoms with Gasteiger partial charge in [-0.3, -0.25) is 9.69 Å². The lowest BCUT2D eigenvalue weighted by atomic mass is 9.80. The number of likely N-dealkylation sites (tertiary alicyclic amines) is 1. The molecule has 0 radical (unpaired) electrons. The molecule has 31 heavy (non-hydrogen) atoms. The number of aromatic carboxylic acids is 1. The van der Waals surface area contributed by atoms with Gasteiger partial charge in [0.25, 0.3) is 5.79 Å². The van der Waals surface area contributed by atoms with E-state index in [0.717, 1.165) is 51.7 Å². The van der Waals surface area contributed by atoms with Gasteiger partial charge < -0.3 is 19.9 Å². The fourth-order valence-corrected chi connectivity index (χ4v) is 6.26. The summed E-state index contributed by atoms with van der Waals surface area (Å²) in [5.74, 6) is -0.572. The van der Waals surface area contributed by atoms with Gasteiger partial charge in [0.1, 0.15) is 0 Å². The Bertz CT molecular complexity index is 944. The Morgan fingerprint density at radius 2 is 1.97 bits per heavy atom. The number of amides is 1. The molecular weight excluding hydrogens is 420 g/mol. The Hall–Kier alpha value is -1.99. The highest BCUT2D eigenvalue weighted by atomic mass is 35.5. The highest BCUT2D eigenvalue weighted by Gasteiger charge is 2.50. The van der Waals surface area contributed by atoms with E-state index in [9.17, 15) is 14.7 Å². The Kier molecular flexibility index (Phi) is 4.90. The number of ether oxygens (including phenoxy) is 2. The maximum Gasteiger partial charge on any atom is 0.336 e. The van der Waals surface area contributed by atoms with Crippen molar-refractivity contribution in [2.24, 2.45) is 11.3 Å². The first-order valence-electron chi connectivity index (χ1n) is 11.1. The number of carbonyl (C=O) groups is 2. The lowest BCUT2D eigenvalue weighted by Crippen LogP contribution is -2.47. The Morgan fingerprint density at radius 1 is 1.26 bits per heavy atom. The van der Waals surface area contributed by atoms with Gasteiger partial charge in [-0.1, -0.05) is 11.6 Å². The van der Waals surface area contributed by atoms with Crippen molar-refractivity contribution in [2.45, 2.75) is 64.2 Å². The quantitative estimate of drug-likeness (QED) is 0.734. The second-order valence-corrected chi connectivity index (χ2v) is 10.3.